The zero-order valence-corrected chi connectivity index (χ0v) is 12.6. The van der Waals surface area contributed by atoms with E-state index in [0.717, 1.165) is 11.8 Å². The molecule has 2 heterocycles. The molecule has 1 unspecified atom stereocenters. The van der Waals surface area contributed by atoms with Crippen LogP contribution in [0.4, 0.5) is 5.95 Å². The van der Waals surface area contributed by atoms with Gasteiger partial charge in [-0.3, -0.25) is 14.5 Å². The van der Waals surface area contributed by atoms with Crippen molar-refractivity contribution in [1.82, 2.24) is 9.97 Å². The molecule has 1 aromatic rings. The molecule has 1 saturated heterocycles. The Morgan fingerprint density at radius 1 is 1.43 bits per heavy atom. The molecule has 0 saturated carbocycles. The first-order valence-electron chi connectivity index (χ1n) is 6.48. The minimum atomic E-state index is -0.498. The van der Waals surface area contributed by atoms with E-state index in [1.165, 1.54) is 24.2 Å². The number of carbonyl (C=O) groups is 3. The van der Waals surface area contributed by atoms with Gasteiger partial charge in [-0.1, -0.05) is 11.8 Å². The van der Waals surface area contributed by atoms with Gasteiger partial charge in [0.15, 0.2) is 5.12 Å². The van der Waals surface area contributed by atoms with Gasteiger partial charge in [0.05, 0.1) is 12.2 Å². The Labute approximate surface area is 126 Å². The summed E-state index contributed by atoms with van der Waals surface area (Å²) in [5, 5.41) is -0.100. The number of thioether (sulfide) groups is 1. The Kier molecular flexibility index (Phi) is 4.89. The molecule has 1 aliphatic rings. The van der Waals surface area contributed by atoms with Crippen LogP contribution in [0.1, 0.15) is 30.6 Å². The molecule has 0 aliphatic carbocycles. The van der Waals surface area contributed by atoms with Crippen molar-refractivity contribution < 1.29 is 19.1 Å². The molecule has 0 radical (unpaired) electrons. The van der Waals surface area contributed by atoms with E-state index in [0.29, 0.717) is 6.54 Å². The lowest BCUT2D eigenvalue weighted by molar-refractivity contribution is -0.117. The number of rotatable bonds is 4. The molecule has 0 bridgehead atoms. The summed E-state index contributed by atoms with van der Waals surface area (Å²) in [6.07, 6.45) is 2.95. The Hall–Kier alpha value is -1.96. The molecule has 8 heteroatoms. The zero-order valence-electron chi connectivity index (χ0n) is 11.7. The third-order valence-electron chi connectivity index (χ3n) is 2.81. The molecule has 1 fully saturated rings. The fraction of sp³-hybridized carbons (Fsp3) is 0.462. The van der Waals surface area contributed by atoms with Crippen molar-refractivity contribution in [2.24, 2.45) is 0 Å². The van der Waals surface area contributed by atoms with Gasteiger partial charge in [0.1, 0.15) is 0 Å². The number of ether oxygens (including phenoxy) is 1. The Morgan fingerprint density at radius 3 is 2.67 bits per heavy atom. The molecule has 1 atom stereocenters. The molecule has 21 heavy (non-hydrogen) atoms. The quantitative estimate of drug-likeness (QED) is 0.767. The Morgan fingerprint density at radius 2 is 2.10 bits per heavy atom. The van der Waals surface area contributed by atoms with Gasteiger partial charge in [-0.25, -0.2) is 14.8 Å². The summed E-state index contributed by atoms with van der Waals surface area (Å²) < 4.78 is 4.83. The SMILES string of the molecule is CCOC(=O)c1cnc(N2CC(SC(C)=O)CC2=O)nc1. The van der Waals surface area contributed by atoms with E-state index in [4.69, 9.17) is 4.74 Å². The second kappa shape index (κ2) is 6.66. The highest BCUT2D eigenvalue weighted by atomic mass is 32.2. The highest BCUT2D eigenvalue weighted by Crippen LogP contribution is 2.26. The van der Waals surface area contributed by atoms with E-state index in [-0.39, 0.29) is 40.8 Å². The maximum Gasteiger partial charge on any atom is 0.341 e. The number of anilines is 1. The first kappa shape index (κ1) is 15.4. The van der Waals surface area contributed by atoms with Crippen molar-refractivity contribution in [2.45, 2.75) is 25.5 Å². The number of nitrogens with zero attached hydrogens (tertiary/aromatic N) is 3. The molecule has 1 aromatic heterocycles. The van der Waals surface area contributed by atoms with Crippen LogP contribution in [0, 0.1) is 0 Å². The summed E-state index contributed by atoms with van der Waals surface area (Å²) in [4.78, 5) is 44.0. The second-order valence-corrected chi connectivity index (χ2v) is 5.91. The summed E-state index contributed by atoms with van der Waals surface area (Å²) in [5.41, 5.74) is 0.238. The standard InChI is InChI=1S/C13H15N3O4S/c1-3-20-12(19)9-5-14-13(15-6-9)16-7-10(4-11(16)18)21-8(2)17/h5-6,10H,3-4,7H2,1-2H3. The molecule has 112 valence electrons. The fourth-order valence-electron chi connectivity index (χ4n) is 1.96. The molecular weight excluding hydrogens is 294 g/mol. The van der Waals surface area contributed by atoms with Crippen LogP contribution in [0.25, 0.3) is 0 Å². The minimum Gasteiger partial charge on any atom is -0.462 e. The lowest BCUT2D eigenvalue weighted by Crippen LogP contribution is -2.27. The van der Waals surface area contributed by atoms with Crippen LogP contribution >= 0.6 is 11.8 Å². The second-order valence-electron chi connectivity index (χ2n) is 4.43. The molecular formula is C13H15N3O4S. The number of amides is 1. The number of carbonyl (C=O) groups excluding carboxylic acids is 3. The number of hydrogen-bond acceptors (Lipinski definition) is 7. The predicted molar refractivity (Wildman–Crippen MR) is 77.0 cm³/mol. The van der Waals surface area contributed by atoms with E-state index in [1.807, 2.05) is 0 Å². The number of esters is 1. The van der Waals surface area contributed by atoms with Crippen molar-refractivity contribution in [3.63, 3.8) is 0 Å². The predicted octanol–water partition coefficient (Wildman–Crippen LogP) is 1.04. The van der Waals surface area contributed by atoms with Crippen molar-refractivity contribution in [3.05, 3.63) is 18.0 Å². The van der Waals surface area contributed by atoms with E-state index in [1.54, 1.807) is 6.92 Å². The molecule has 0 aromatic carbocycles. The summed E-state index contributed by atoms with van der Waals surface area (Å²) in [7, 11) is 0. The molecule has 7 nitrogen and oxygen atoms in total. The molecule has 2 rings (SSSR count). The van der Waals surface area contributed by atoms with Gasteiger partial charge in [0, 0.05) is 37.5 Å². The molecule has 1 amide bonds. The van der Waals surface area contributed by atoms with Crippen LogP contribution in [0.5, 0.6) is 0 Å². The maximum atomic E-state index is 11.9. The number of aromatic nitrogens is 2. The van der Waals surface area contributed by atoms with Gasteiger partial charge >= 0.3 is 5.97 Å². The maximum absolute atomic E-state index is 11.9. The van der Waals surface area contributed by atoms with E-state index in [9.17, 15) is 14.4 Å². The first-order chi connectivity index (χ1) is 10.0. The van der Waals surface area contributed by atoms with Gasteiger partial charge in [-0.2, -0.15) is 0 Å². The van der Waals surface area contributed by atoms with Crippen LogP contribution in [-0.4, -0.2) is 45.4 Å². The first-order valence-corrected chi connectivity index (χ1v) is 7.36. The van der Waals surface area contributed by atoms with Gasteiger partial charge in [0.2, 0.25) is 11.9 Å². The average molecular weight is 309 g/mol. The molecule has 0 N–H and O–H groups in total. The van der Waals surface area contributed by atoms with Gasteiger partial charge in [-0.05, 0) is 6.92 Å². The van der Waals surface area contributed by atoms with Crippen molar-refractivity contribution >= 4 is 34.7 Å². The van der Waals surface area contributed by atoms with Crippen LogP contribution in [0.3, 0.4) is 0 Å². The summed E-state index contributed by atoms with van der Waals surface area (Å²) in [6.45, 7) is 3.85. The van der Waals surface area contributed by atoms with Gasteiger partial charge in [-0.15, -0.1) is 0 Å². The third kappa shape index (κ3) is 3.78. The van der Waals surface area contributed by atoms with Gasteiger partial charge in [0.25, 0.3) is 0 Å². The van der Waals surface area contributed by atoms with Crippen LogP contribution in [-0.2, 0) is 14.3 Å². The van der Waals surface area contributed by atoms with Crippen LogP contribution in [0.2, 0.25) is 0 Å². The van der Waals surface area contributed by atoms with Crippen molar-refractivity contribution in [1.29, 1.82) is 0 Å². The van der Waals surface area contributed by atoms with E-state index < -0.39 is 5.97 Å². The highest BCUT2D eigenvalue weighted by molar-refractivity contribution is 8.14. The van der Waals surface area contributed by atoms with Crippen molar-refractivity contribution in [2.75, 3.05) is 18.1 Å². The van der Waals surface area contributed by atoms with E-state index >= 15 is 0 Å². The van der Waals surface area contributed by atoms with Gasteiger partial charge < -0.3 is 4.74 Å². The minimum absolute atomic E-state index is 0.0202. The van der Waals surface area contributed by atoms with E-state index in [2.05, 4.69) is 9.97 Å². The fourth-order valence-corrected chi connectivity index (χ4v) is 2.88. The lowest BCUT2D eigenvalue weighted by Gasteiger charge is -2.13. The number of hydrogen-bond donors (Lipinski definition) is 0. The zero-order chi connectivity index (χ0) is 15.4. The smallest absolute Gasteiger partial charge is 0.341 e. The normalized spacial score (nSPS) is 17.9. The summed E-state index contributed by atoms with van der Waals surface area (Å²) >= 11 is 1.15. The lowest BCUT2D eigenvalue weighted by atomic mass is 10.3. The van der Waals surface area contributed by atoms with Crippen LogP contribution in [0.15, 0.2) is 12.4 Å². The largest absolute Gasteiger partial charge is 0.462 e. The summed E-state index contributed by atoms with van der Waals surface area (Å²) in [6, 6.07) is 0. The third-order valence-corrected chi connectivity index (χ3v) is 3.79. The topological polar surface area (TPSA) is 89.5 Å². The highest BCUT2D eigenvalue weighted by Gasteiger charge is 2.33. The van der Waals surface area contributed by atoms with Crippen LogP contribution < -0.4 is 4.90 Å². The molecule has 0 spiro atoms. The monoisotopic (exact) mass is 309 g/mol. The average Bonchev–Trinajstić information content (AvgIpc) is 2.79. The summed E-state index contributed by atoms with van der Waals surface area (Å²) in [5.74, 6) is -0.390. The Balaban J connectivity index is 2.07. The Bertz CT molecular complexity index is 561. The van der Waals surface area contributed by atoms with Crippen molar-refractivity contribution in [3.8, 4) is 0 Å². The molecule has 1 aliphatic heterocycles.